The van der Waals surface area contributed by atoms with Gasteiger partial charge in [0, 0.05) is 18.7 Å². The summed E-state index contributed by atoms with van der Waals surface area (Å²) in [4.78, 5) is 16.7. The molecule has 0 amide bonds. The average Bonchev–Trinajstić information content (AvgIpc) is 2.74. The fraction of sp³-hybridized carbons (Fsp3) is 0.318. The fourth-order valence-electron chi connectivity index (χ4n) is 2.63. The Bertz CT molecular complexity index is 875. The molecule has 7 nitrogen and oxygen atoms in total. The van der Waals surface area contributed by atoms with Crippen molar-refractivity contribution in [3.05, 3.63) is 60.9 Å². The minimum Gasteiger partial charge on any atom is -0.503 e. The van der Waals surface area contributed by atoms with E-state index in [1.807, 2.05) is 30.3 Å². The van der Waals surface area contributed by atoms with E-state index in [2.05, 4.69) is 16.9 Å². The number of esters is 1. The summed E-state index contributed by atoms with van der Waals surface area (Å²) >= 11 is 5.27. The number of methoxy groups -OCH3 is 1. The van der Waals surface area contributed by atoms with Crippen molar-refractivity contribution in [1.29, 1.82) is 0 Å². The maximum absolute atomic E-state index is 12.6. The molecule has 160 valence electrons. The van der Waals surface area contributed by atoms with E-state index in [9.17, 15) is 9.90 Å². The van der Waals surface area contributed by atoms with E-state index in [1.165, 1.54) is 19.4 Å². The van der Waals surface area contributed by atoms with Crippen LogP contribution in [0.15, 0.2) is 55.3 Å². The molecule has 0 aliphatic rings. The summed E-state index contributed by atoms with van der Waals surface area (Å²) in [5.41, 5.74) is 0.119. The van der Waals surface area contributed by atoms with Crippen LogP contribution in [-0.4, -0.2) is 46.4 Å². The van der Waals surface area contributed by atoms with Crippen molar-refractivity contribution in [1.82, 2.24) is 10.3 Å². The minimum absolute atomic E-state index is 0.103. The van der Waals surface area contributed by atoms with Crippen LogP contribution in [0.4, 0.5) is 0 Å². The summed E-state index contributed by atoms with van der Waals surface area (Å²) in [5, 5.41) is 13.0. The Morgan fingerprint density at radius 1 is 1.30 bits per heavy atom. The standard InChI is InChI=1S/C22H26N2O5S/c1-5-9-17(29-16-10-7-6-8-11-16)15(3)28-22(26)14(2)24-21(30)19-20(25)18(27-4)12-13-23-19/h5-8,10-15,17,25H,1,9H2,2-4H3,(H,24,30)/t14-,15-,17+/m0/s1. The Morgan fingerprint density at radius 3 is 2.63 bits per heavy atom. The third kappa shape index (κ3) is 6.18. The number of benzene rings is 1. The molecular formula is C22H26N2O5S. The molecule has 0 aliphatic carbocycles. The highest BCUT2D eigenvalue weighted by atomic mass is 32.1. The molecule has 30 heavy (non-hydrogen) atoms. The maximum Gasteiger partial charge on any atom is 0.328 e. The van der Waals surface area contributed by atoms with Gasteiger partial charge in [-0.2, -0.15) is 0 Å². The van der Waals surface area contributed by atoms with Crippen molar-refractivity contribution in [2.45, 2.75) is 38.5 Å². The molecule has 0 saturated heterocycles. The van der Waals surface area contributed by atoms with E-state index in [4.69, 9.17) is 26.4 Å². The number of rotatable bonds is 10. The second-order valence-corrected chi connectivity index (χ2v) is 6.95. The molecule has 2 aromatic rings. The zero-order valence-corrected chi connectivity index (χ0v) is 18.0. The number of hydrogen-bond acceptors (Lipinski definition) is 7. The predicted molar refractivity (Wildman–Crippen MR) is 118 cm³/mol. The van der Waals surface area contributed by atoms with Gasteiger partial charge in [-0.25, -0.2) is 9.78 Å². The molecular weight excluding hydrogens is 404 g/mol. The van der Waals surface area contributed by atoms with E-state index in [0.717, 1.165) is 0 Å². The second-order valence-electron chi connectivity index (χ2n) is 6.54. The lowest BCUT2D eigenvalue weighted by molar-refractivity contribution is -0.154. The number of pyridine rings is 1. The summed E-state index contributed by atoms with van der Waals surface area (Å²) in [6.07, 6.45) is 2.75. The zero-order chi connectivity index (χ0) is 22.1. The number of carbonyl (C=O) groups excluding carboxylic acids is 1. The molecule has 2 rings (SSSR count). The van der Waals surface area contributed by atoms with Gasteiger partial charge in [-0.3, -0.25) is 0 Å². The summed E-state index contributed by atoms with van der Waals surface area (Å²) in [6, 6.07) is 10.0. The monoisotopic (exact) mass is 430 g/mol. The Morgan fingerprint density at radius 2 is 2.00 bits per heavy atom. The molecule has 1 aromatic heterocycles. The number of nitrogens with zero attached hydrogens (tertiary/aromatic N) is 1. The molecule has 0 spiro atoms. The number of ether oxygens (including phenoxy) is 3. The van der Waals surface area contributed by atoms with E-state index in [0.29, 0.717) is 12.2 Å². The van der Waals surface area contributed by atoms with E-state index < -0.39 is 24.2 Å². The molecule has 0 aliphatic heterocycles. The highest BCUT2D eigenvalue weighted by Crippen LogP contribution is 2.27. The van der Waals surface area contributed by atoms with Gasteiger partial charge >= 0.3 is 5.97 Å². The molecule has 0 fully saturated rings. The SMILES string of the molecule is C=CC[C@@H](Oc1ccccc1)[C@H](C)OC(=O)[C@H](C)NC(=S)c1nccc(OC)c1O. The Kier molecular flexibility index (Phi) is 8.61. The topological polar surface area (TPSA) is 89.9 Å². The predicted octanol–water partition coefficient (Wildman–Crippen LogP) is 3.40. The molecule has 8 heteroatoms. The third-order valence-corrected chi connectivity index (χ3v) is 4.59. The number of thiocarbonyl (C=S) groups is 1. The average molecular weight is 431 g/mol. The molecule has 0 bridgehead atoms. The van der Waals surface area contributed by atoms with Gasteiger partial charge in [0.15, 0.2) is 11.5 Å². The first-order chi connectivity index (χ1) is 14.4. The minimum atomic E-state index is -0.770. The lowest BCUT2D eigenvalue weighted by Crippen LogP contribution is -2.43. The second kappa shape index (κ2) is 11.2. The molecule has 3 atom stereocenters. The van der Waals surface area contributed by atoms with Gasteiger partial charge in [0.2, 0.25) is 0 Å². The number of carbonyl (C=O) groups is 1. The van der Waals surface area contributed by atoms with Gasteiger partial charge in [0.05, 0.1) is 7.11 Å². The van der Waals surface area contributed by atoms with Gasteiger partial charge in [0.1, 0.15) is 34.7 Å². The van der Waals surface area contributed by atoms with Crippen LogP contribution >= 0.6 is 12.2 Å². The lowest BCUT2D eigenvalue weighted by atomic mass is 10.1. The van der Waals surface area contributed by atoms with Crippen LogP contribution in [0.2, 0.25) is 0 Å². The maximum atomic E-state index is 12.6. The van der Waals surface area contributed by atoms with E-state index in [-0.39, 0.29) is 22.2 Å². The molecule has 0 radical (unpaired) electrons. The van der Waals surface area contributed by atoms with Crippen molar-refractivity contribution in [3.63, 3.8) is 0 Å². The van der Waals surface area contributed by atoms with Gasteiger partial charge < -0.3 is 24.6 Å². The Labute approximate surface area is 181 Å². The van der Waals surface area contributed by atoms with E-state index >= 15 is 0 Å². The van der Waals surface area contributed by atoms with Crippen LogP contribution in [0.5, 0.6) is 17.2 Å². The van der Waals surface area contributed by atoms with Crippen molar-refractivity contribution in [2.24, 2.45) is 0 Å². The van der Waals surface area contributed by atoms with Crippen LogP contribution in [0.25, 0.3) is 0 Å². The first-order valence-electron chi connectivity index (χ1n) is 9.43. The fourth-order valence-corrected chi connectivity index (χ4v) is 2.95. The molecule has 1 aromatic carbocycles. The molecule has 2 N–H and O–H groups in total. The van der Waals surface area contributed by atoms with Crippen LogP contribution in [0.1, 0.15) is 26.0 Å². The molecule has 0 saturated carbocycles. The lowest BCUT2D eigenvalue weighted by Gasteiger charge is -2.26. The number of hydrogen-bond donors (Lipinski definition) is 2. The first kappa shape index (κ1) is 23.2. The normalized spacial score (nSPS) is 13.4. The van der Waals surface area contributed by atoms with Gasteiger partial charge in [0.25, 0.3) is 0 Å². The van der Waals surface area contributed by atoms with Crippen molar-refractivity contribution >= 4 is 23.2 Å². The summed E-state index contributed by atoms with van der Waals surface area (Å²) in [6.45, 7) is 7.11. The smallest absolute Gasteiger partial charge is 0.328 e. The Balaban J connectivity index is 1.99. The van der Waals surface area contributed by atoms with Gasteiger partial charge in [-0.1, -0.05) is 36.5 Å². The number of aromatic hydroxyl groups is 1. The largest absolute Gasteiger partial charge is 0.503 e. The van der Waals surface area contributed by atoms with Crippen molar-refractivity contribution in [3.8, 4) is 17.2 Å². The quantitative estimate of drug-likeness (QED) is 0.337. The third-order valence-electron chi connectivity index (χ3n) is 4.28. The van der Waals surface area contributed by atoms with Crippen molar-refractivity contribution < 1.29 is 24.1 Å². The van der Waals surface area contributed by atoms with Gasteiger partial charge in [-0.15, -0.1) is 6.58 Å². The summed E-state index contributed by atoms with van der Waals surface area (Å²) < 4.78 is 16.6. The number of para-hydroxylation sites is 1. The number of aromatic nitrogens is 1. The first-order valence-corrected chi connectivity index (χ1v) is 9.84. The van der Waals surface area contributed by atoms with Crippen LogP contribution < -0.4 is 14.8 Å². The highest BCUT2D eigenvalue weighted by Gasteiger charge is 2.26. The van der Waals surface area contributed by atoms with Crippen LogP contribution in [-0.2, 0) is 9.53 Å². The molecule has 1 heterocycles. The van der Waals surface area contributed by atoms with Gasteiger partial charge in [-0.05, 0) is 26.0 Å². The summed E-state index contributed by atoms with van der Waals surface area (Å²) in [7, 11) is 1.42. The molecule has 0 unspecified atom stereocenters. The highest BCUT2D eigenvalue weighted by molar-refractivity contribution is 7.80. The van der Waals surface area contributed by atoms with Crippen molar-refractivity contribution in [2.75, 3.05) is 7.11 Å². The van der Waals surface area contributed by atoms with Crippen LogP contribution in [0, 0.1) is 0 Å². The van der Waals surface area contributed by atoms with Crippen LogP contribution in [0.3, 0.4) is 0 Å². The van der Waals surface area contributed by atoms with E-state index in [1.54, 1.807) is 19.9 Å². The number of nitrogens with one attached hydrogen (secondary N) is 1. The summed E-state index contributed by atoms with van der Waals surface area (Å²) in [5.74, 6) is 0.198. The zero-order valence-electron chi connectivity index (χ0n) is 17.2. The Hall–Kier alpha value is -3.13.